The van der Waals surface area contributed by atoms with E-state index in [2.05, 4.69) is 10.3 Å². The Hall–Kier alpha value is -2.95. The van der Waals surface area contributed by atoms with Crippen LogP contribution in [0.4, 0.5) is 0 Å². The Labute approximate surface area is 147 Å². The van der Waals surface area contributed by atoms with E-state index < -0.39 is 0 Å². The molecule has 2 heterocycles. The normalized spacial score (nSPS) is 15.3. The lowest BCUT2D eigenvalue weighted by Gasteiger charge is -2.31. The number of carbonyl (C=O) groups is 2. The number of benzene rings is 1. The van der Waals surface area contributed by atoms with E-state index in [4.69, 9.17) is 0 Å². The minimum Gasteiger partial charge on any atom is -0.349 e. The van der Waals surface area contributed by atoms with Crippen molar-refractivity contribution in [1.29, 1.82) is 0 Å². The Morgan fingerprint density at radius 2 is 1.72 bits per heavy atom. The Morgan fingerprint density at radius 3 is 2.40 bits per heavy atom. The Balaban J connectivity index is 1.47. The highest BCUT2D eigenvalue weighted by molar-refractivity contribution is 5.94. The summed E-state index contributed by atoms with van der Waals surface area (Å²) in [6, 6.07) is 13.3. The molecule has 5 nitrogen and oxygen atoms in total. The van der Waals surface area contributed by atoms with E-state index in [9.17, 15) is 9.59 Å². The van der Waals surface area contributed by atoms with Gasteiger partial charge in [0, 0.05) is 43.2 Å². The van der Waals surface area contributed by atoms with Crippen LogP contribution in [0.25, 0.3) is 6.08 Å². The highest BCUT2D eigenvalue weighted by Crippen LogP contribution is 2.12. The van der Waals surface area contributed by atoms with Gasteiger partial charge in [-0.05, 0) is 36.6 Å². The van der Waals surface area contributed by atoms with Gasteiger partial charge in [0.15, 0.2) is 0 Å². The molecule has 0 atom stereocenters. The van der Waals surface area contributed by atoms with Gasteiger partial charge in [0.2, 0.25) is 5.91 Å². The predicted molar refractivity (Wildman–Crippen MR) is 96.8 cm³/mol. The molecule has 1 aromatic carbocycles. The molecule has 25 heavy (non-hydrogen) atoms. The minimum atomic E-state index is -0.0869. The topological polar surface area (TPSA) is 62.3 Å². The van der Waals surface area contributed by atoms with Crippen molar-refractivity contribution in [3.63, 3.8) is 0 Å². The van der Waals surface area contributed by atoms with E-state index in [0.717, 1.165) is 18.4 Å². The number of pyridine rings is 1. The summed E-state index contributed by atoms with van der Waals surface area (Å²) in [6.45, 7) is 1.30. The van der Waals surface area contributed by atoms with Crippen molar-refractivity contribution in [2.45, 2.75) is 18.9 Å². The van der Waals surface area contributed by atoms with Crippen molar-refractivity contribution in [2.24, 2.45) is 0 Å². The SMILES string of the molecule is O=C(NC1CCN(C(=O)C=Cc2ccccc2)CC1)c1ccncc1. The lowest BCUT2D eigenvalue weighted by Crippen LogP contribution is -2.46. The number of hydrogen-bond donors (Lipinski definition) is 1. The van der Waals surface area contributed by atoms with Gasteiger partial charge in [0.1, 0.15) is 0 Å². The van der Waals surface area contributed by atoms with Gasteiger partial charge in [-0.25, -0.2) is 0 Å². The van der Waals surface area contributed by atoms with E-state index in [-0.39, 0.29) is 17.9 Å². The van der Waals surface area contributed by atoms with Crippen LogP contribution in [-0.4, -0.2) is 40.8 Å². The zero-order chi connectivity index (χ0) is 17.5. The molecule has 0 bridgehead atoms. The van der Waals surface area contributed by atoms with E-state index in [1.807, 2.05) is 41.3 Å². The molecule has 1 aromatic heterocycles. The first-order valence-corrected chi connectivity index (χ1v) is 8.45. The van der Waals surface area contributed by atoms with Crippen LogP contribution in [0.5, 0.6) is 0 Å². The quantitative estimate of drug-likeness (QED) is 0.873. The van der Waals surface area contributed by atoms with Gasteiger partial charge in [-0.3, -0.25) is 14.6 Å². The molecule has 1 saturated heterocycles. The monoisotopic (exact) mass is 335 g/mol. The van der Waals surface area contributed by atoms with Crippen LogP contribution in [0.15, 0.2) is 60.9 Å². The second kappa shape index (κ2) is 8.24. The summed E-state index contributed by atoms with van der Waals surface area (Å²) in [4.78, 5) is 30.2. The summed E-state index contributed by atoms with van der Waals surface area (Å²) in [6.07, 6.45) is 8.19. The molecule has 1 N–H and O–H groups in total. The van der Waals surface area contributed by atoms with E-state index in [0.29, 0.717) is 18.7 Å². The zero-order valence-corrected chi connectivity index (χ0v) is 14.0. The number of nitrogens with one attached hydrogen (secondary N) is 1. The van der Waals surface area contributed by atoms with Crippen molar-refractivity contribution in [3.05, 3.63) is 72.1 Å². The predicted octanol–water partition coefficient (Wildman–Crippen LogP) is 2.52. The van der Waals surface area contributed by atoms with Crippen molar-refractivity contribution >= 4 is 17.9 Å². The number of carbonyl (C=O) groups excluding carboxylic acids is 2. The molecule has 0 aliphatic carbocycles. The molecular weight excluding hydrogens is 314 g/mol. The van der Waals surface area contributed by atoms with Gasteiger partial charge in [-0.2, -0.15) is 0 Å². The third kappa shape index (κ3) is 4.76. The zero-order valence-electron chi connectivity index (χ0n) is 14.0. The van der Waals surface area contributed by atoms with Crippen molar-refractivity contribution in [1.82, 2.24) is 15.2 Å². The smallest absolute Gasteiger partial charge is 0.251 e. The number of nitrogens with zero attached hydrogens (tertiary/aromatic N) is 2. The summed E-state index contributed by atoms with van der Waals surface area (Å²) < 4.78 is 0. The van der Waals surface area contributed by atoms with E-state index in [1.165, 1.54) is 0 Å². The maximum atomic E-state index is 12.3. The fourth-order valence-electron chi connectivity index (χ4n) is 2.85. The molecule has 0 saturated carbocycles. The Kier molecular flexibility index (Phi) is 5.57. The number of likely N-dealkylation sites (tertiary alicyclic amines) is 1. The van der Waals surface area contributed by atoms with Crippen molar-refractivity contribution < 1.29 is 9.59 Å². The molecule has 1 aliphatic heterocycles. The molecule has 1 aliphatic rings. The Bertz CT molecular complexity index is 736. The number of piperidine rings is 1. The van der Waals surface area contributed by atoms with Gasteiger partial charge in [-0.1, -0.05) is 30.3 Å². The van der Waals surface area contributed by atoms with Gasteiger partial charge < -0.3 is 10.2 Å². The molecule has 1 fully saturated rings. The van der Waals surface area contributed by atoms with Crippen molar-refractivity contribution in [3.8, 4) is 0 Å². The maximum Gasteiger partial charge on any atom is 0.251 e. The molecule has 2 aromatic rings. The fraction of sp³-hybridized carbons (Fsp3) is 0.250. The van der Waals surface area contributed by atoms with Crippen LogP contribution >= 0.6 is 0 Å². The van der Waals surface area contributed by atoms with Crippen LogP contribution < -0.4 is 5.32 Å². The van der Waals surface area contributed by atoms with Crippen LogP contribution in [0, 0.1) is 0 Å². The average Bonchev–Trinajstić information content (AvgIpc) is 2.68. The summed E-state index contributed by atoms with van der Waals surface area (Å²) in [5, 5.41) is 3.03. The highest BCUT2D eigenvalue weighted by Gasteiger charge is 2.23. The summed E-state index contributed by atoms with van der Waals surface area (Å²) >= 11 is 0. The average molecular weight is 335 g/mol. The van der Waals surface area contributed by atoms with Gasteiger partial charge in [0.25, 0.3) is 5.91 Å². The van der Waals surface area contributed by atoms with Gasteiger partial charge in [0.05, 0.1) is 0 Å². The molecule has 0 unspecified atom stereocenters. The first-order valence-electron chi connectivity index (χ1n) is 8.45. The maximum absolute atomic E-state index is 12.3. The second-order valence-corrected chi connectivity index (χ2v) is 6.05. The number of rotatable bonds is 4. The largest absolute Gasteiger partial charge is 0.349 e. The van der Waals surface area contributed by atoms with Gasteiger partial charge in [-0.15, -0.1) is 0 Å². The third-order valence-electron chi connectivity index (χ3n) is 4.30. The third-order valence-corrected chi connectivity index (χ3v) is 4.30. The summed E-state index contributed by atoms with van der Waals surface area (Å²) in [5.41, 5.74) is 1.62. The second-order valence-electron chi connectivity index (χ2n) is 6.05. The lowest BCUT2D eigenvalue weighted by atomic mass is 10.0. The summed E-state index contributed by atoms with van der Waals surface area (Å²) in [5.74, 6) is -0.0705. The lowest BCUT2D eigenvalue weighted by molar-refractivity contribution is -0.126. The van der Waals surface area contributed by atoms with Crippen LogP contribution in [0.3, 0.4) is 0 Å². The number of amides is 2. The minimum absolute atomic E-state index is 0.0164. The van der Waals surface area contributed by atoms with Crippen LogP contribution in [0.1, 0.15) is 28.8 Å². The molecule has 0 radical (unpaired) electrons. The number of hydrogen-bond acceptors (Lipinski definition) is 3. The van der Waals surface area contributed by atoms with E-state index >= 15 is 0 Å². The molecular formula is C20H21N3O2. The molecule has 3 rings (SSSR count). The van der Waals surface area contributed by atoms with Gasteiger partial charge >= 0.3 is 0 Å². The number of aromatic nitrogens is 1. The van der Waals surface area contributed by atoms with Crippen LogP contribution in [0.2, 0.25) is 0 Å². The molecule has 2 amide bonds. The first kappa shape index (κ1) is 16.9. The first-order chi connectivity index (χ1) is 12.2. The molecule has 0 spiro atoms. The summed E-state index contributed by atoms with van der Waals surface area (Å²) in [7, 11) is 0. The fourth-order valence-corrected chi connectivity index (χ4v) is 2.85. The van der Waals surface area contributed by atoms with Crippen molar-refractivity contribution in [2.75, 3.05) is 13.1 Å². The molecule has 5 heteroatoms. The van der Waals surface area contributed by atoms with E-state index in [1.54, 1.807) is 30.6 Å². The molecule has 128 valence electrons. The van der Waals surface area contributed by atoms with Crippen LogP contribution in [-0.2, 0) is 4.79 Å². The highest BCUT2D eigenvalue weighted by atomic mass is 16.2. The Morgan fingerprint density at radius 1 is 1.04 bits per heavy atom. The standard InChI is InChI=1S/C20H21N3O2/c24-19(7-6-16-4-2-1-3-5-16)23-14-10-18(11-15-23)22-20(25)17-8-12-21-13-9-17/h1-9,12-13,18H,10-11,14-15H2,(H,22,25).